The first kappa shape index (κ1) is 16.1. The van der Waals surface area contributed by atoms with Gasteiger partial charge in [0.25, 0.3) is 5.91 Å². The van der Waals surface area contributed by atoms with E-state index in [0.717, 1.165) is 5.52 Å². The molecule has 1 aromatic carbocycles. The zero-order valence-electron chi connectivity index (χ0n) is 12.0. The Bertz CT molecular complexity index is 663. The van der Waals surface area contributed by atoms with Gasteiger partial charge in [0.2, 0.25) is 0 Å². The lowest BCUT2D eigenvalue weighted by atomic mass is 9.97. The molecule has 0 aliphatic heterocycles. The summed E-state index contributed by atoms with van der Waals surface area (Å²) in [5.41, 5.74) is 0.136. The number of fused-ring (bicyclic) bond motifs is 1. The van der Waals surface area contributed by atoms with E-state index in [1.165, 1.54) is 0 Å². The maximum absolute atomic E-state index is 12.2. The first-order valence-electron chi connectivity index (χ1n) is 6.87. The number of rotatable bonds is 5. The van der Waals surface area contributed by atoms with Gasteiger partial charge in [-0.1, -0.05) is 37.0 Å². The van der Waals surface area contributed by atoms with Crippen molar-refractivity contribution in [2.75, 3.05) is 6.54 Å². The molecule has 21 heavy (non-hydrogen) atoms. The van der Waals surface area contributed by atoms with E-state index in [-0.39, 0.29) is 18.1 Å². The highest BCUT2D eigenvalue weighted by molar-refractivity contribution is 6.39. The topological polar surface area (TPSA) is 65.1 Å². The van der Waals surface area contributed by atoms with Crippen LogP contribution in [0.15, 0.2) is 18.2 Å². The van der Waals surface area contributed by atoms with E-state index in [0.29, 0.717) is 28.3 Å². The number of H-pyrrole nitrogens is 1. The zero-order valence-corrected chi connectivity index (χ0v) is 13.5. The third-order valence-electron chi connectivity index (χ3n) is 3.82. The molecule has 114 valence electrons. The van der Waals surface area contributed by atoms with Gasteiger partial charge in [-0.2, -0.15) is 0 Å². The molecule has 2 rings (SSSR count). The van der Waals surface area contributed by atoms with Crippen molar-refractivity contribution in [2.24, 2.45) is 0 Å². The quantitative estimate of drug-likeness (QED) is 0.782. The molecule has 0 spiro atoms. The molecule has 3 N–H and O–H groups in total. The monoisotopic (exact) mass is 328 g/mol. The second kappa shape index (κ2) is 6.26. The number of hydrogen-bond donors (Lipinski definition) is 3. The van der Waals surface area contributed by atoms with Crippen LogP contribution in [-0.2, 0) is 0 Å². The lowest BCUT2D eigenvalue weighted by Crippen LogP contribution is -2.42. The summed E-state index contributed by atoms with van der Waals surface area (Å²) in [4.78, 5) is 15.2. The number of nitrogens with one attached hydrogen (secondary N) is 2. The van der Waals surface area contributed by atoms with Gasteiger partial charge in [-0.25, -0.2) is 0 Å². The minimum atomic E-state index is -0.891. The van der Waals surface area contributed by atoms with Crippen LogP contribution >= 0.6 is 23.2 Å². The molecule has 1 amide bonds. The molecule has 2 aromatic rings. The van der Waals surface area contributed by atoms with Gasteiger partial charge in [-0.3, -0.25) is 4.79 Å². The van der Waals surface area contributed by atoms with E-state index in [2.05, 4.69) is 10.3 Å². The third kappa shape index (κ3) is 3.34. The fraction of sp³-hybridized carbons (Fsp3) is 0.400. The maximum Gasteiger partial charge on any atom is 0.269 e. The molecule has 4 nitrogen and oxygen atoms in total. The van der Waals surface area contributed by atoms with Crippen molar-refractivity contribution in [1.29, 1.82) is 0 Å². The first-order valence-corrected chi connectivity index (χ1v) is 7.63. The minimum Gasteiger partial charge on any atom is -0.388 e. The van der Waals surface area contributed by atoms with Gasteiger partial charge < -0.3 is 15.4 Å². The Labute approximate surface area is 133 Å². The van der Waals surface area contributed by atoms with Gasteiger partial charge in [-0.05, 0) is 31.0 Å². The molecule has 0 atom stereocenters. The number of amides is 1. The van der Waals surface area contributed by atoms with E-state index in [4.69, 9.17) is 23.2 Å². The molecule has 0 radical (unpaired) electrons. The molecule has 1 heterocycles. The highest BCUT2D eigenvalue weighted by Crippen LogP contribution is 2.29. The van der Waals surface area contributed by atoms with Gasteiger partial charge in [0, 0.05) is 22.5 Å². The van der Waals surface area contributed by atoms with Crippen molar-refractivity contribution in [3.8, 4) is 0 Å². The Morgan fingerprint density at radius 1 is 1.33 bits per heavy atom. The molecule has 0 aliphatic rings. The summed E-state index contributed by atoms with van der Waals surface area (Å²) in [5, 5.41) is 14.5. The fourth-order valence-electron chi connectivity index (χ4n) is 2.12. The summed E-state index contributed by atoms with van der Waals surface area (Å²) >= 11 is 12.2. The number of carbonyl (C=O) groups excluding carboxylic acids is 1. The second-order valence-corrected chi connectivity index (χ2v) is 5.93. The Morgan fingerprint density at radius 3 is 2.62 bits per heavy atom. The molecule has 0 saturated heterocycles. The van der Waals surface area contributed by atoms with Gasteiger partial charge >= 0.3 is 0 Å². The van der Waals surface area contributed by atoms with E-state index >= 15 is 0 Å². The number of benzene rings is 1. The van der Waals surface area contributed by atoms with Crippen LogP contribution in [0.1, 0.15) is 37.2 Å². The number of hydrogen-bond acceptors (Lipinski definition) is 2. The summed E-state index contributed by atoms with van der Waals surface area (Å²) in [6, 6.07) is 5.21. The SMILES string of the molecule is CCC(O)(CC)CNC(=O)c1[nH]c2ccc(Cl)cc2c1Cl. The smallest absolute Gasteiger partial charge is 0.269 e. The molecule has 1 aromatic heterocycles. The first-order chi connectivity index (χ1) is 9.90. The zero-order chi connectivity index (χ0) is 15.6. The Balaban J connectivity index is 2.22. The predicted molar refractivity (Wildman–Crippen MR) is 86.2 cm³/mol. The van der Waals surface area contributed by atoms with Gasteiger partial charge in [-0.15, -0.1) is 0 Å². The molecule has 0 bridgehead atoms. The van der Waals surface area contributed by atoms with Crippen molar-refractivity contribution in [2.45, 2.75) is 32.3 Å². The lowest BCUT2D eigenvalue weighted by molar-refractivity contribution is 0.0313. The summed E-state index contributed by atoms with van der Waals surface area (Å²) in [6.45, 7) is 3.95. The molecular formula is C15H18Cl2N2O2. The number of halogens is 2. The van der Waals surface area contributed by atoms with E-state index in [9.17, 15) is 9.90 Å². The van der Waals surface area contributed by atoms with Crippen LogP contribution in [-0.4, -0.2) is 28.1 Å². The highest BCUT2D eigenvalue weighted by atomic mass is 35.5. The molecule has 0 aliphatic carbocycles. The van der Waals surface area contributed by atoms with E-state index < -0.39 is 5.60 Å². The normalized spacial score (nSPS) is 11.9. The highest BCUT2D eigenvalue weighted by Gasteiger charge is 2.24. The van der Waals surface area contributed by atoms with Crippen LogP contribution < -0.4 is 5.32 Å². The predicted octanol–water partition coefficient (Wildman–Crippen LogP) is 3.76. The molecular weight excluding hydrogens is 311 g/mol. The van der Waals surface area contributed by atoms with Crippen LogP contribution in [0, 0.1) is 0 Å². The van der Waals surface area contributed by atoms with Crippen molar-refractivity contribution in [3.63, 3.8) is 0 Å². The van der Waals surface area contributed by atoms with Crippen molar-refractivity contribution in [3.05, 3.63) is 33.9 Å². The standard InChI is InChI=1S/C15H18Cl2N2O2/c1-3-15(21,4-2)8-18-14(20)13-12(17)10-7-9(16)5-6-11(10)19-13/h5-7,19,21H,3-4,8H2,1-2H3,(H,18,20). The van der Waals surface area contributed by atoms with Crippen LogP contribution in [0.2, 0.25) is 10.0 Å². The third-order valence-corrected chi connectivity index (χ3v) is 4.45. The Hall–Kier alpha value is -1.23. The molecule has 0 fully saturated rings. The number of carbonyl (C=O) groups is 1. The van der Waals surface area contributed by atoms with Gasteiger partial charge in [0.05, 0.1) is 10.6 Å². The van der Waals surface area contributed by atoms with Gasteiger partial charge in [0.1, 0.15) is 5.69 Å². The summed E-state index contributed by atoms with van der Waals surface area (Å²) in [7, 11) is 0. The number of aromatic amines is 1. The maximum atomic E-state index is 12.2. The lowest BCUT2D eigenvalue weighted by Gasteiger charge is -2.25. The second-order valence-electron chi connectivity index (χ2n) is 5.12. The van der Waals surface area contributed by atoms with Crippen molar-refractivity contribution >= 4 is 40.0 Å². The Kier molecular flexibility index (Phi) is 4.81. The average Bonchev–Trinajstić information content (AvgIpc) is 2.81. The van der Waals surface area contributed by atoms with E-state index in [1.807, 2.05) is 13.8 Å². The summed E-state index contributed by atoms with van der Waals surface area (Å²) in [5.74, 6) is -0.340. The van der Waals surface area contributed by atoms with Crippen LogP contribution in [0.4, 0.5) is 0 Å². The van der Waals surface area contributed by atoms with Crippen LogP contribution in [0.5, 0.6) is 0 Å². The van der Waals surface area contributed by atoms with Gasteiger partial charge in [0.15, 0.2) is 0 Å². The summed E-state index contributed by atoms with van der Waals surface area (Å²) in [6.07, 6.45) is 1.14. The minimum absolute atomic E-state index is 0.186. The fourth-order valence-corrected chi connectivity index (χ4v) is 2.58. The van der Waals surface area contributed by atoms with E-state index in [1.54, 1.807) is 18.2 Å². The summed E-state index contributed by atoms with van der Waals surface area (Å²) < 4.78 is 0. The molecule has 6 heteroatoms. The van der Waals surface area contributed by atoms with Crippen LogP contribution in [0.25, 0.3) is 10.9 Å². The van der Waals surface area contributed by atoms with Crippen molar-refractivity contribution in [1.82, 2.24) is 10.3 Å². The largest absolute Gasteiger partial charge is 0.388 e. The number of aliphatic hydroxyl groups is 1. The molecule has 0 unspecified atom stereocenters. The average molecular weight is 329 g/mol. The Morgan fingerprint density at radius 2 is 2.00 bits per heavy atom. The van der Waals surface area contributed by atoms with Crippen molar-refractivity contribution < 1.29 is 9.90 Å². The molecule has 0 saturated carbocycles. The number of aromatic nitrogens is 1. The van der Waals surface area contributed by atoms with Crippen LogP contribution in [0.3, 0.4) is 0 Å².